The monoisotopic (exact) mass is 364 g/mol. The third-order valence-corrected chi connectivity index (χ3v) is 5.07. The predicted molar refractivity (Wildman–Crippen MR) is 105 cm³/mol. The first-order valence-corrected chi connectivity index (χ1v) is 8.88. The number of aliphatic imine (C=N–C) groups is 1. The minimum absolute atomic E-state index is 0.144. The molecule has 0 fully saturated rings. The standard InChI is InChI=1S/C20H13ClN2OS/c21-14-9-10-18(24)13(11-14)12-22-16-6-2-1-5-15(16)20-23-17-7-3-4-8-19(17)25-20/h1-12,24H. The Kier molecular flexibility index (Phi) is 4.22. The lowest BCUT2D eigenvalue weighted by Gasteiger charge is -2.03. The van der Waals surface area contributed by atoms with Gasteiger partial charge >= 0.3 is 0 Å². The van der Waals surface area contributed by atoms with Gasteiger partial charge in [0.15, 0.2) is 0 Å². The van der Waals surface area contributed by atoms with E-state index in [4.69, 9.17) is 16.6 Å². The molecule has 0 atom stereocenters. The molecule has 0 radical (unpaired) electrons. The van der Waals surface area contributed by atoms with Gasteiger partial charge < -0.3 is 5.11 Å². The first-order valence-electron chi connectivity index (χ1n) is 7.68. The van der Waals surface area contributed by atoms with E-state index in [-0.39, 0.29) is 5.75 Å². The van der Waals surface area contributed by atoms with Gasteiger partial charge in [0.25, 0.3) is 0 Å². The Labute approximate surface area is 153 Å². The number of nitrogens with zero attached hydrogens (tertiary/aromatic N) is 2. The second kappa shape index (κ2) is 6.67. The van der Waals surface area contributed by atoms with Gasteiger partial charge in [0.2, 0.25) is 0 Å². The van der Waals surface area contributed by atoms with E-state index in [1.165, 1.54) is 0 Å². The fourth-order valence-electron chi connectivity index (χ4n) is 2.52. The first-order chi connectivity index (χ1) is 12.2. The van der Waals surface area contributed by atoms with Crippen LogP contribution in [0.3, 0.4) is 0 Å². The molecule has 4 rings (SSSR count). The molecule has 25 heavy (non-hydrogen) atoms. The Balaban J connectivity index is 1.76. The summed E-state index contributed by atoms with van der Waals surface area (Å²) in [4.78, 5) is 9.25. The summed E-state index contributed by atoms with van der Waals surface area (Å²) in [5, 5.41) is 11.4. The van der Waals surface area contributed by atoms with Crippen LogP contribution in [0.2, 0.25) is 5.02 Å². The van der Waals surface area contributed by atoms with E-state index in [9.17, 15) is 5.11 Å². The quantitative estimate of drug-likeness (QED) is 0.448. The third-order valence-electron chi connectivity index (χ3n) is 3.76. The average molecular weight is 365 g/mol. The van der Waals surface area contributed by atoms with E-state index in [1.807, 2.05) is 42.5 Å². The highest BCUT2D eigenvalue weighted by molar-refractivity contribution is 7.21. The van der Waals surface area contributed by atoms with Crippen LogP contribution < -0.4 is 0 Å². The van der Waals surface area contributed by atoms with Gasteiger partial charge in [-0.1, -0.05) is 35.9 Å². The number of rotatable bonds is 3. The van der Waals surface area contributed by atoms with Crippen LogP contribution in [-0.2, 0) is 0 Å². The van der Waals surface area contributed by atoms with E-state index < -0.39 is 0 Å². The van der Waals surface area contributed by atoms with Crippen molar-refractivity contribution in [1.29, 1.82) is 0 Å². The summed E-state index contributed by atoms with van der Waals surface area (Å²) < 4.78 is 1.14. The van der Waals surface area contributed by atoms with Crippen molar-refractivity contribution in [3.8, 4) is 16.3 Å². The highest BCUT2D eigenvalue weighted by atomic mass is 35.5. The summed E-state index contributed by atoms with van der Waals surface area (Å²) in [7, 11) is 0. The zero-order chi connectivity index (χ0) is 17.2. The molecule has 3 aromatic carbocycles. The van der Waals surface area contributed by atoms with Crippen molar-refractivity contribution in [2.24, 2.45) is 4.99 Å². The van der Waals surface area contributed by atoms with Crippen LogP contribution in [-0.4, -0.2) is 16.3 Å². The van der Waals surface area contributed by atoms with Gasteiger partial charge in [-0.25, -0.2) is 4.98 Å². The minimum Gasteiger partial charge on any atom is -0.507 e. The summed E-state index contributed by atoms with van der Waals surface area (Å²) >= 11 is 7.63. The maximum Gasteiger partial charge on any atom is 0.126 e. The lowest BCUT2D eigenvalue weighted by atomic mass is 10.2. The maximum atomic E-state index is 9.93. The molecule has 0 unspecified atom stereocenters. The molecule has 0 saturated heterocycles. The number of phenols is 1. The van der Waals surface area contributed by atoms with Crippen LogP contribution in [0.5, 0.6) is 5.75 Å². The molecule has 0 spiro atoms. The molecule has 0 amide bonds. The minimum atomic E-state index is 0.144. The van der Waals surface area contributed by atoms with Crippen LogP contribution in [0.1, 0.15) is 5.56 Å². The van der Waals surface area contributed by atoms with E-state index in [0.717, 1.165) is 26.5 Å². The number of halogens is 1. The molecular weight excluding hydrogens is 352 g/mol. The Morgan fingerprint density at radius 3 is 2.68 bits per heavy atom. The van der Waals surface area contributed by atoms with Gasteiger partial charge in [-0.05, 0) is 42.5 Å². The lowest BCUT2D eigenvalue weighted by Crippen LogP contribution is -1.83. The Bertz CT molecular complexity index is 1050. The van der Waals surface area contributed by atoms with E-state index >= 15 is 0 Å². The fraction of sp³-hybridized carbons (Fsp3) is 0. The summed E-state index contributed by atoms with van der Waals surface area (Å²) in [6.07, 6.45) is 1.62. The summed E-state index contributed by atoms with van der Waals surface area (Å²) in [6, 6.07) is 20.8. The number of phenolic OH excluding ortho intramolecular Hbond substituents is 1. The van der Waals surface area contributed by atoms with Crippen molar-refractivity contribution < 1.29 is 5.11 Å². The van der Waals surface area contributed by atoms with E-state index in [1.54, 1.807) is 35.8 Å². The molecule has 4 aromatic rings. The Hall–Kier alpha value is -2.69. The number of aromatic nitrogens is 1. The van der Waals surface area contributed by atoms with Gasteiger partial charge in [0.1, 0.15) is 10.8 Å². The topological polar surface area (TPSA) is 45.5 Å². The number of fused-ring (bicyclic) bond motifs is 1. The normalized spacial score (nSPS) is 11.4. The van der Waals surface area contributed by atoms with Gasteiger partial charge in [-0.2, -0.15) is 0 Å². The maximum absolute atomic E-state index is 9.93. The van der Waals surface area contributed by atoms with Crippen molar-refractivity contribution in [2.45, 2.75) is 0 Å². The molecule has 1 N–H and O–H groups in total. The Morgan fingerprint density at radius 2 is 1.80 bits per heavy atom. The van der Waals surface area contributed by atoms with Crippen molar-refractivity contribution in [3.63, 3.8) is 0 Å². The number of hydrogen-bond acceptors (Lipinski definition) is 4. The van der Waals surface area contributed by atoms with Crippen LogP contribution >= 0.6 is 22.9 Å². The van der Waals surface area contributed by atoms with Crippen LogP contribution in [0.25, 0.3) is 20.8 Å². The summed E-state index contributed by atoms with van der Waals surface area (Å²) in [5.74, 6) is 0.144. The predicted octanol–water partition coefficient (Wildman–Crippen LogP) is 6.07. The van der Waals surface area contributed by atoms with E-state index in [0.29, 0.717) is 10.6 Å². The zero-order valence-corrected chi connectivity index (χ0v) is 14.6. The summed E-state index contributed by atoms with van der Waals surface area (Å²) in [6.45, 7) is 0. The number of para-hydroxylation sites is 2. The summed E-state index contributed by atoms with van der Waals surface area (Å²) in [5.41, 5.74) is 3.31. The van der Waals surface area contributed by atoms with Gasteiger partial charge in [0.05, 0.1) is 15.9 Å². The molecule has 0 bridgehead atoms. The second-order valence-corrected chi connectivity index (χ2v) is 6.93. The molecular formula is C20H13ClN2OS. The zero-order valence-electron chi connectivity index (χ0n) is 13.1. The smallest absolute Gasteiger partial charge is 0.126 e. The highest BCUT2D eigenvalue weighted by Crippen LogP contribution is 2.35. The highest BCUT2D eigenvalue weighted by Gasteiger charge is 2.09. The van der Waals surface area contributed by atoms with Gasteiger partial charge in [-0.15, -0.1) is 11.3 Å². The second-order valence-electron chi connectivity index (χ2n) is 5.47. The van der Waals surface area contributed by atoms with Crippen molar-refractivity contribution >= 4 is 45.1 Å². The molecule has 0 aliphatic rings. The number of benzene rings is 3. The molecule has 1 aromatic heterocycles. The molecule has 0 aliphatic carbocycles. The number of aromatic hydroxyl groups is 1. The van der Waals surface area contributed by atoms with Crippen LogP contribution in [0.4, 0.5) is 5.69 Å². The molecule has 0 saturated carbocycles. The molecule has 1 heterocycles. The average Bonchev–Trinajstić information content (AvgIpc) is 3.07. The molecule has 0 aliphatic heterocycles. The first kappa shape index (κ1) is 15.8. The largest absolute Gasteiger partial charge is 0.507 e. The van der Waals surface area contributed by atoms with Crippen molar-refractivity contribution in [2.75, 3.05) is 0 Å². The van der Waals surface area contributed by atoms with Gasteiger partial charge in [0, 0.05) is 22.4 Å². The SMILES string of the molecule is Oc1ccc(Cl)cc1C=Nc1ccccc1-c1nc2ccccc2s1. The van der Waals surface area contributed by atoms with Gasteiger partial charge in [-0.3, -0.25) is 4.99 Å². The van der Waals surface area contributed by atoms with Crippen molar-refractivity contribution in [3.05, 3.63) is 77.3 Å². The van der Waals surface area contributed by atoms with E-state index in [2.05, 4.69) is 11.1 Å². The number of hydrogen-bond donors (Lipinski definition) is 1. The molecule has 5 heteroatoms. The number of thiazole rings is 1. The fourth-order valence-corrected chi connectivity index (χ4v) is 3.70. The molecule has 3 nitrogen and oxygen atoms in total. The molecule has 122 valence electrons. The Morgan fingerprint density at radius 1 is 1.00 bits per heavy atom. The van der Waals surface area contributed by atoms with Crippen LogP contribution in [0, 0.1) is 0 Å². The van der Waals surface area contributed by atoms with Crippen LogP contribution in [0.15, 0.2) is 71.7 Å². The van der Waals surface area contributed by atoms with Crippen molar-refractivity contribution in [1.82, 2.24) is 4.98 Å². The lowest BCUT2D eigenvalue weighted by molar-refractivity contribution is 0.474. The third kappa shape index (κ3) is 3.27.